The van der Waals surface area contributed by atoms with Crippen LogP contribution in [0.1, 0.15) is 0 Å². The summed E-state index contributed by atoms with van der Waals surface area (Å²) < 4.78 is 13.0. The molecule has 3 N–H and O–H groups in total. The zero-order valence-electron chi connectivity index (χ0n) is 8.85. The quantitative estimate of drug-likeness (QED) is 0.803. The van der Waals surface area contributed by atoms with Gasteiger partial charge in [-0.25, -0.2) is 9.37 Å². The molecule has 0 radical (unpaired) electrons. The molecule has 18 heavy (non-hydrogen) atoms. The van der Waals surface area contributed by atoms with Crippen LogP contribution in [0.15, 0.2) is 24.3 Å². The van der Waals surface area contributed by atoms with Gasteiger partial charge in [0.25, 0.3) is 0 Å². The summed E-state index contributed by atoms with van der Waals surface area (Å²) in [5, 5.41) is 3.34. The molecule has 3 nitrogen and oxygen atoms in total. The van der Waals surface area contributed by atoms with Gasteiger partial charge >= 0.3 is 0 Å². The van der Waals surface area contributed by atoms with E-state index < -0.39 is 5.82 Å². The van der Waals surface area contributed by atoms with Gasteiger partial charge in [-0.1, -0.05) is 34.8 Å². The Labute approximate surface area is 118 Å². The minimum absolute atomic E-state index is 0.126. The van der Waals surface area contributed by atoms with Crippen LogP contribution in [0.4, 0.5) is 21.6 Å². The van der Waals surface area contributed by atoms with Crippen LogP contribution in [-0.4, -0.2) is 4.98 Å². The maximum atomic E-state index is 13.0. The van der Waals surface area contributed by atoms with Gasteiger partial charge in [0.15, 0.2) is 5.82 Å². The lowest BCUT2D eigenvalue weighted by molar-refractivity contribution is 0.628. The number of rotatable bonds is 2. The zero-order chi connectivity index (χ0) is 13.3. The van der Waals surface area contributed by atoms with Crippen molar-refractivity contribution < 1.29 is 4.39 Å². The molecule has 1 aromatic heterocycles. The van der Waals surface area contributed by atoms with Crippen molar-refractivity contribution in [1.82, 2.24) is 4.98 Å². The first kappa shape index (κ1) is 13.2. The van der Waals surface area contributed by atoms with Crippen molar-refractivity contribution in [2.75, 3.05) is 11.1 Å². The molecule has 0 bridgehead atoms. The van der Waals surface area contributed by atoms with Crippen molar-refractivity contribution in [3.63, 3.8) is 0 Å². The number of hydrogen-bond acceptors (Lipinski definition) is 3. The van der Waals surface area contributed by atoms with Gasteiger partial charge in [-0.15, -0.1) is 0 Å². The number of benzene rings is 1. The molecular weight excluding hydrogens is 299 g/mol. The Bertz CT molecular complexity index is 581. The van der Waals surface area contributed by atoms with E-state index in [4.69, 9.17) is 40.5 Å². The fraction of sp³-hybridized carbons (Fsp3) is 0. The summed E-state index contributed by atoms with van der Waals surface area (Å²) in [6.45, 7) is 0. The van der Waals surface area contributed by atoms with Gasteiger partial charge in [0.1, 0.15) is 11.0 Å². The second-order valence-corrected chi connectivity index (χ2v) is 4.64. The number of pyridine rings is 1. The third kappa shape index (κ3) is 2.77. The van der Waals surface area contributed by atoms with E-state index in [9.17, 15) is 4.39 Å². The highest BCUT2D eigenvalue weighted by Gasteiger charge is 2.11. The van der Waals surface area contributed by atoms with E-state index in [2.05, 4.69) is 10.3 Å². The Hall–Kier alpha value is -1.23. The summed E-state index contributed by atoms with van der Waals surface area (Å²) in [4.78, 5) is 3.99. The minimum atomic E-state index is -0.525. The molecule has 1 heterocycles. The van der Waals surface area contributed by atoms with Gasteiger partial charge in [-0.3, -0.25) is 0 Å². The van der Waals surface area contributed by atoms with Crippen molar-refractivity contribution in [3.8, 4) is 0 Å². The lowest BCUT2D eigenvalue weighted by Crippen LogP contribution is -2.00. The average Bonchev–Trinajstić information content (AvgIpc) is 2.28. The molecule has 7 heteroatoms. The molecule has 0 amide bonds. The molecule has 0 spiro atoms. The molecular formula is C11H7Cl3FN3. The van der Waals surface area contributed by atoms with Crippen molar-refractivity contribution in [3.05, 3.63) is 45.3 Å². The molecule has 94 valence electrons. The van der Waals surface area contributed by atoms with Crippen LogP contribution in [0.5, 0.6) is 0 Å². The number of nitrogens with two attached hydrogens (primary N) is 1. The Morgan fingerprint density at radius 2 is 1.72 bits per heavy atom. The highest BCUT2D eigenvalue weighted by molar-refractivity contribution is 6.39. The Balaban J connectivity index is 2.43. The number of nitrogen functional groups attached to an aromatic ring is 1. The van der Waals surface area contributed by atoms with Crippen LogP contribution in [-0.2, 0) is 0 Å². The van der Waals surface area contributed by atoms with Crippen LogP contribution >= 0.6 is 34.8 Å². The van der Waals surface area contributed by atoms with Gasteiger partial charge in [-0.2, -0.15) is 0 Å². The van der Waals surface area contributed by atoms with E-state index in [1.165, 1.54) is 0 Å². The first-order chi connectivity index (χ1) is 8.47. The normalized spacial score (nSPS) is 10.4. The molecule has 1 aromatic carbocycles. The Kier molecular flexibility index (Phi) is 3.80. The van der Waals surface area contributed by atoms with Gasteiger partial charge in [-0.05, 0) is 24.3 Å². The van der Waals surface area contributed by atoms with Crippen molar-refractivity contribution >= 4 is 52.0 Å². The van der Waals surface area contributed by atoms with Crippen molar-refractivity contribution in [2.24, 2.45) is 0 Å². The van der Waals surface area contributed by atoms with Crippen LogP contribution < -0.4 is 11.1 Å². The highest BCUT2D eigenvalue weighted by Crippen LogP contribution is 2.34. The van der Waals surface area contributed by atoms with Crippen LogP contribution in [0, 0.1) is 5.82 Å². The summed E-state index contributed by atoms with van der Waals surface area (Å²) in [5.41, 5.74) is 6.42. The SMILES string of the molecule is Nc1ccc(Cl)nc1Nc1c(Cl)cc(F)cc1Cl. The molecule has 0 atom stereocenters. The summed E-state index contributed by atoms with van der Waals surface area (Å²) in [5.74, 6) is -0.222. The first-order valence-electron chi connectivity index (χ1n) is 4.81. The molecule has 0 unspecified atom stereocenters. The molecule has 2 aromatic rings. The van der Waals surface area contributed by atoms with Gasteiger partial charge in [0.2, 0.25) is 0 Å². The molecule has 0 aliphatic rings. The third-order valence-electron chi connectivity index (χ3n) is 2.14. The standard InChI is InChI=1S/C11H7Cl3FN3/c12-6-3-5(15)4-7(13)10(6)18-11-8(16)1-2-9(14)17-11/h1-4H,16H2,(H,17,18). The lowest BCUT2D eigenvalue weighted by atomic mass is 10.3. The fourth-order valence-corrected chi connectivity index (χ4v) is 2.03. The maximum absolute atomic E-state index is 13.0. The number of aromatic nitrogens is 1. The van der Waals surface area contributed by atoms with E-state index in [-0.39, 0.29) is 15.2 Å². The molecule has 0 saturated carbocycles. The van der Waals surface area contributed by atoms with Crippen LogP contribution in [0.2, 0.25) is 15.2 Å². The monoisotopic (exact) mass is 305 g/mol. The summed E-state index contributed by atoms with van der Waals surface area (Å²) in [6.07, 6.45) is 0. The van der Waals surface area contributed by atoms with E-state index >= 15 is 0 Å². The number of anilines is 3. The number of hydrogen-bond donors (Lipinski definition) is 2. The summed E-state index contributed by atoms with van der Waals surface area (Å²) >= 11 is 17.5. The molecule has 0 aliphatic heterocycles. The second-order valence-electron chi connectivity index (χ2n) is 3.44. The topological polar surface area (TPSA) is 50.9 Å². The molecule has 2 rings (SSSR count). The van der Waals surface area contributed by atoms with Crippen molar-refractivity contribution in [1.29, 1.82) is 0 Å². The van der Waals surface area contributed by atoms with Gasteiger partial charge in [0.05, 0.1) is 21.4 Å². The average molecular weight is 307 g/mol. The van der Waals surface area contributed by atoms with Crippen LogP contribution in [0.3, 0.4) is 0 Å². The van der Waals surface area contributed by atoms with E-state index in [0.29, 0.717) is 17.2 Å². The maximum Gasteiger partial charge on any atom is 0.155 e. The molecule has 0 fully saturated rings. The van der Waals surface area contributed by atoms with Gasteiger partial charge in [0, 0.05) is 0 Å². The summed E-state index contributed by atoms with van der Waals surface area (Å²) in [7, 11) is 0. The fourth-order valence-electron chi connectivity index (χ4n) is 1.33. The molecule has 0 aliphatic carbocycles. The predicted molar refractivity (Wildman–Crippen MR) is 73.4 cm³/mol. The number of halogens is 4. The predicted octanol–water partition coefficient (Wildman–Crippen LogP) is 4.51. The van der Waals surface area contributed by atoms with E-state index in [0.717, 1.165) is 12.1 Å². The Morgan fingerprint density at radius 3 is 2.33 bits per heavy atom. The third-order valence-corrected chi connectivity index (χ3v) is 2.95. The minimum Gasteiger partial charge on any atom is -0.396 e. The largest absolute Gasteiger partial charge is 0.396 e. The number of nitrogens with one attached hydrogen (secondary N) is 1. The Morgan fingerprint density at radius 1 is 1.11 bits per heavy atom. The highest BCUT2D eigenvalue weighted by atomic mass is 35.5. The lowest BCUT2D eigenvalue weighted by Gasteiger charge is -2.11. The molecule has 0 saturated heterocycles. The van der Waals surface area contributed by atoms with E-state index in [1.54, 1.807) is 12.1 Å². The van der Waals surface area contributed by atoms with Crippen LogP contribution in [0.25, 0.3) is 0 Å². The summed E-state index contributed by atoms with van der Waals surface area (Å²) in [6, 6.07) is 5.41. The number of nitrogens with zero attached hydrogens (tertiary/aromatic N) is 1. The van der Waals surface area contributed by atoms with Crippen molar-refractivity contribution in [2.45, 2.75) is 0 Å². The smallest absolute Gasteiger partial charge is 0.155 e. The first-order valence-corrected chi connectivity index (χ1v) is 5.94. The van der Waals surface area contributed by atoms with Gasteiger partial charge < -0.3 is 11.1 Å². The van der Waals surface area contributed by atoms with E-state index in [1.807, 2.05) is 0 Å². The second kappa shape index (κ2) is 5.18. The zero-order valence-corrected chi connectivity index (χ0v) is 11.1.